The quantitative estimate of drug-likeness (QED) is 0.117. The highest BCUT2D eigenvalue weighted by atomic mass is 15.0. The van der Waals surface area contributed by atoms with Crippen molar-refractivity contribution in [3.8, 4) is 0 Å². The predicted octanol–water partition coefficient (Wildman–Crippen LogP) is 10.3. The summed E-state index contributed by atoms with van der Waals surface area (Å²) in [5.74, 6) is 0.689. The molecule has 0 saturated heterocycles. The van der Waals surface area contributed by atoms with E-state index in [-0.39, 0.29) is 0 Å². The third-order valence-corrected chi connectivity index (χ3v) is 7.22. The van der Waals surface area contributed by atoms with Gasteiger partial charge < -0.3 is 0 Å². The van der Waals surface area contributed by atoms with Crippen LogP contribution < -0.4 is 4.57 Å². The monoisotopic (exact) mass is 444 g/mol. The van der Waals surface area contributed by atoms with E-state index in [2.05, 4.69) is 49.7 Å². The molecular weight excluding hydrogens is 386 g/mol. The number of aryl methyl sites for hydroxylation is 1. The molecule has 0 aliphatic rings. The molecule has 1 aromatic heterocycles. The molecule has 0 radical (unpaired) electrons. The van der Waals surface area contributed by atoms with Gasteiger partial charge in [-0.3, -0.25) is 0 Å². The summed E-state index contributed by atoms with van der Waals surface area (Å²) in [7, 11) is 0. The molecule has 1 aromatic rings. The molecule has 0 amide bonds. The van der Waals surface area contributed by atoms with Gasteiger partial charge >= 0.3 is 0 Å². The van der Waals surface area contributed by atoms with Crippen LogP contribution in [0.15, 0.2) is 24.4 Å². The first-order valence-electron chi connectivity index (χ1n) is 14.8. The number of pyridine rings is 1. The van der Waals surface area contributed by atoms with Crippen LogP contribution in [0.3, 0.4) is 0 Å². The second kappa shape index (κ2) is 22.0. The number of hydrogen-bond acceptors (Lipinski definition) is 0. The summed E-state index contributed by atoms with van der Waals surface area (Å²) in [4.78, 5) is 0. The first-order valence-corrected chi connectivity index (χ1v) is 14.8. The van der Waals surface area contributed by atoms with Crippen LogP contribution in [0.1, 0.15) is 167 Å². The highest BCUT2D eigenvalue weighted by molar-refractivity contribution is 5.02. The van der Waals surface area contributed by atoms with E-state index in [0.717, 1.165) is 0 Å². The molecule has 186 valence electrons. The second-order valence-electron chi connectivity index (χ2n) is 10.4. The normalized spacial score (nSPS) is 12.3. The lowest BCUT2D eigenvalue weighted by atomic mass is 9.98. The summed E-state index contributed by atoms with van der Waals surface area (Å²) in [5, 5.41) is 0. The molecule has 0 bridgehead atoms. The highest BCUT2D eigenvalue weighted by Crippen LogP contribution is 2.19. The van der Waals surface area contributed by atoms with Gasteiger partial charge in [0, 0.05) is 24.5 Å². The minimum atomic E-state index is 0.689. The summed E-state index contributed by atoms with van der Waals surface area (Å²) in [6.07, 6.45) is 32.2. The molecule has 1 heteroatoms. The number of hydrogen-bond donors (Lipinski definition) is 0. The Morgan fingerprint density at radius 3 is 1.50 bits per heavy atom. The molecule has 0 aromatic carbocycles. The van der Waals surface area contributed by atoms with Crippen molar-refractivity contribution >= 4 is 0 Å². The van der Waals surface area contributed by atoms with E-state index < -0.39 is 0 Å². The van der Waals surface area contributed by atoms with Crippen molar-refractivity contribution in [3.05, 3.63) is 30.1 Å². The minimum Gasteiger partial charge on any atom is -0.202 e. The van der Waals surface area contributed by atoms with Gasteiger partial charge in [0.2, 0.25) is 0 Å². The van der Waals surface area contributed by atoms with Gasteiger partial charge in [0.25, 0.3) is 0 Å². The van der Waals surface area contributed by atoms with E-state index in [1.54, 1.807) is 5.69 Å². The molecule has 32 heavy (non-hydrogen) atoms. The van der Waals surface area contributed by atoms with Gasteiger partial charge in [-0.1, -0.05) is 142 Å². The zero-order valence-corrected chi connectivity index (χ0v) is 22.4. The molecular formula is C31H58N+. The maximum Gasteiger partial charge on any atom is 0.184 e. The Kier molecular flexibility index (Phi) is 20.0. The number of unbranched alkanes of at least 4 members (excludes halogenated alkanes) is 18. The first kappa shape index (κ1) is 29.2. The molecule has 1 atom stereocenters. The molecule has 1 unspecified atom stereocenters. The van der Waals surface area contributed by atoms with Gasteiger partial charge in [0.1, 0.15) is 6.54 Å². The average Bonchev–Trinajstić information content (AvgIpc) is 2.81. The van der Waals surface area contributed by atoms with Crippen LogP contribution in [-0.4, -0.2) is 0 Å². The minimum absolute atomic E-state index is 0.689. The molecule has 0 spiro atoms. The molecule has 1 rings (SSSR count). The van der Waals surface area contributed by atoms with Crippen LogP contribution in [0, 0.1) is 0 Å². The Bertz CT molecular complexity index is 509. The lowest BCUT2D eigenvalue weighted by Gasteiger charge is -2.11. The van der Waals surface area contributed by atoms with Gasteiger partial charge in [-0.05, 0) is 12.8 Å². The van der Waals surface area contributed by atoms with Crippen molar-refractivity contribution in [1.82, 2.24) is 0 Å². The SMILES string of the molecule is CCCCCCCCCCCCCCCCCC[n+]1ccccc1C(C)CCCCCC. The Hall–Kier alpha value is -0.850. The van der Waals surface area contributed by atoms with Crippen molar-refractivity contribution < 1.29 is 4.57 Å². The van der Waals surface area contributed by atoms with Crippen molar-refractivity contribution in [2.75, 3.05) is 0 Å². The molecule has 0 fully saturated rings. The van der Waals surface area contributed by atoms with E-state index in [1.165, 1.54) is 141 Å². The fourth-order valence-corrected chi connectivity index (χ4v) is 5.00. The number of aromatic nitrogens is 1. The summed E-state index contributed by atoms with van der Waals surface area (Å²) in [5.41, 5.74) is 1.55. The zero-order valence-electron chi connectivity index (χ0n) is 22.4. The van der Waals surface area contributed by atoms with Gasteiger partial charge in [0.05, 0.1) is 0 Å². The smallest absolute Gasteiger partial charge is 0.184 e. The van der Waals surface area contributed by atoms with E-state index in [1.807, 2.05) is 0 Å². The van der Waals surface area contributed by atoms with Crippen molar-refractivity contribution in [2.24, 2.45) is 0 Å². The van der Waals surface area contributed by atoms with E-state index in [4.69, 9.17) is 0 Å². The molecule has 1 nitrogen and oxygen atoms in total. The molecule has 0 N–H and O–H groups in total. The second-order valence-corrected chi connectivity index (χ2v) is 10.4. The van der Waals surface area contributed by atoms with Crippen LogP contribution in [0.2, 0.25) is 0 Å². The van der Waals surface area contributed by atoms with Crippen LogP contribution in [0.25, 0.3) is 0 Å². The van der Waals surface area contributed by atoms with Crippen molar-refractivity contribution in [3.63, 3.8) is 0 Å². The van der Waals surface area contributed by atoms with Gasteiger partial charge in [-0.25, -0.2) is 4.57 Å². The average molecular weight is 445 g/mol. The zero-order chi connectivity index (χ0) is 23.1. The lowest BCUT2D eigenvalue weighted by Crippen LogP contribution is -2.38. The highest BCUT2D eigenvalue weighted by Gasteiger charge is 2.16. The van der Waals surface area contributed by atoms with Gasteiger partial charge in [-0.15, -0.1) is 0 Å². The molecule has 0 aliphatic carbocycles. The summed E-state index contributed by atoms with van der Waals surface area (Å²) < 4.78 is 2.54. The summed E-state index contributed by atoms with van der Waals surface area (Å²) in [6, 6.07) is 6.79. The largest absolute Gasteiger partial charge is 0.202 e. The Labute approximate surface area is 202 Å². The van der Waals surface area contributed by atoms with Gasteiger partial charge in [-0.2, -0.15) is 0 Å². The van der Waals surface area contributed by atoms with Crippen molar-refractivity contribution in [2.45, 2.75) is 168 Å². The standard InChI is InChI=1S/C31H58N/c1-4-6-8-10-11-12-13-14-15-16-17-18-19-20-21-24-28-32-29-25-23-27-31(32)30(3)26-22-9-7-5-2/h23,25,27,29-30H,4-22,24,26,28H2,1-3H3/q+1. The Morgan fingerprint density at radius 1 is 0.562 bits per heavy atom. The van der Waals surface area contributed by atoms with Crippen molar-refractivity contribution in [1.29, 1.82) is 0 Å². The van der Waals surface area contributed by atoms with Crippen LogP contribution in [0.4, 0.5) is 0 Å². The third kappa shape index (κ3) is 15.9. The molecule has 1 heterocycles. The van der Waals surface area contributed by atoms with E-state index >= 15 is 0 Å². The molecule has 0 saturated carbocycles. The third-order valence-electron chi connectivity index (χ3n) is 7.22. The van der Waals surface area contributed by atoms with E-state index in [0.29, 0.717) is 5.92 Å². The van der Waals surface area contributed by atoms with Crippen LogP contribution in [-0.2, 0) is 6.54 Å². The van der Waals surface area contributed by atoms with Crippen LogP contribution >= 0.6 is 0 Å². The Balaban J connectivity index is 1.98. The predicted molar refractivity (Wildman–Crippen MR) is 143 cm³/mol. The van der Waals surface area contributed by atoms with Crippen LogP contribution in [0.5, 0.6) is 0 Å². The Morgan fingerprint density at radius 2 is 1.00 bits per heavy atom. The number of rotatable bonds is 23. The molecule has 0 aliphatic heterocycles. The van der Waals surface area contributed by atoms with Gasteiger partial charge in [0.15, 0.2) is 11.9 Å². The fourth-order valence-electron chi connectivity index (χ4n) is 5.00. The summed E-state index contributed by atoms with van der Waals surface area (Å²) >= 11 is 0. The lowest BCUT2D eigenvalue weighted by molar-refractivity contribution is -0.705. The summed E-state index contributed by atoms with van der Waals surface area (Å²) in [6.45, 7) is 8.22. The van der Waals surface area contributed by atoms with E-state index in [9.17, 15) is 0 Å². The number of nitrogens with zero attached hydrogens (tertiary/aromatic N) is 1. The fraction of sp³-hybridized carbons (Fsp3) is 0.839. The maximum absolute atomic E-state index is 2.54. The first-order chi connectivity index (χ1) is 15.8. The topological polar surface area (TPSA) is 3.88 Å². The maximum atomic E-state index is 2.54.